The van der Waals surface area contributed by atoms with Crippen molar-refractivity contribution < 1.29 is 8.42 Å². The van der Waals surface area contributed by atoms with Gasteiger partial charge in [0.2, 0.25) is 10.0 Å². The van der Waals surface area contributed by atoms with E-state index < -0.39 is 10.0 Å². The van der Waals surface area contributed by atoms with Gasteiger partial charge in [0.1, 0.15) is 0 Å². The summed E-state index contributed by atoms with van der Waals surface area (Å²) >= 11 is 0. The Bertz CT molecular complexity index is 734. The summed E-state index contributed by atoms with van der Waals surface area (Å²) in [6.07, 6.45) is 4.22. The third-order valence-electron chi connectivity index (χ3n) is 4.27. The zero-order chi connectivity index (χ0) is 17.6. The lowest BCUT2D eigenvalue weighted by molar-refractivity contribution is 0.567. The number of sulfonamides is 1. The summed E-state index contributed by atoms with van der Waals surface area (Å²) in [7, 11) is -3.51. The zero-order valence-electron chi connectivity index (χ0n) is 14.7. The summed E-state index contributed by atoms with van der Waals surface area (Å²) < 4.78 is 27.9. The molecule has 3 nitrogen and oxygen atoms in total. The third-order valence-corrected chi connectivity index (χ3v) is 5.83. The lowest BCUT2D eigenvalue weighted by Crippen LogP contribution is -2.26. The molecule has 0 spiro atoms. The molecule has 24 heavy (non-hydrogen) atoms. The van der Waals surface area contributed by atoms with Crippen LogP contribution in [0.4, 0.5) is 0 Å². The number of hydrogen-bond donors (Lipinski definition) is 1. The van der Waals surface area contributed by atoms with Crippen LogP contribution in [0.25, 0.3) is 0 Å². The molecular weight excluding hydrogens is 318 g/mol. The predicted molar refractivity (Wildman–Crippen MR) is 99.6 cm³/mol. The molecule has 2 aromatic rings. The maximum absolute atomic E-state index is 12.6. The molecule has 0 aliphatic heterocycles. The lowest BCUT2D eigenvalue weighted by Gasteiger charge is -2.15. The molecule has 0 aromatic heterocycles. The van der Waals surface area contributed by atoms with Crippen molar-refractivity contribution in [2.24, 2.45) is 0 Å². The highest BCUT2D eigenvalue weighted by Gasteiger charge is 2.18. The van der Waals surface area contributed by atoms with Crippen molar-refractivity contribution in [3.8, 4) is 0 Å². The standard InChI is InChI=1S/C20H27NO2S/c1-4-6-7-18-10-14-20(15-11-18)24(22,23)21-16(3)19-12-8-17(5-2)9-13-19/h8-16,21H,4-7H2,1-3H3. The Morgan fingerprint density at radius 1 is 0.917 bits per heavy atom. The summed E-state index contributed by atoms with van der Waals surface area (Å²) in [5.74, 6) is 0. The van der Waals surface area contributed by atoms with Crippen molar-refractivity contribution in [1.82, 2.24) is 4.72 Å². The van der Waals surface area contributed by atoms with Crippen LogP contribution in [0.1, 0.15) is 56.3 Å². The van der Waals surface area contributed by atoms with Gasteiger partial charge in [-0.3, -0.25) is 0 Å². The van der Waals surface area contributed by atoms with Crippen LogP contribution in [-0.2, 0) is 22.9 Å². The highest BCUT2D eigenvalue weighted by atomic mass is 32.2. The van der Waals surface area contributed by atoms with E-state index in [-0.39, 0.29) is 6.04 Å². The van der Waals surface area contributed by atoms with Gasteiger partial charge in [-0.2, -0.15) is 0 Å². The van der Waals surface area contributed by atoms with E-state index in [1.807, 2.05) is 43.3 Å². The second-order valence-corrected chi connectivity index (χ2v) is 7.90. The monoisotopic (exact) mass is 345 g/mol. The summed E-state index contributed by atoms with van der Waals surface area (Å²) in [6.45, 7) is 6.12. The molecule has 1 N–H and O–H groups in total. The molecule has 1 unspecified atom stereocenters. The minimum Gasteiger partial charge on any atom is -0.207 e. The lowest BCUT2D eigenvalue weighted by atomic mass is 10.1. The van der Waals surface area contributed by atoms with E-state index in [1.165, 1.54) is 11.1 Å². The Balaban J connectivity index is 2.08. The van der Waals surface area contributed by atoms with Gasteiger partial charge in [0, 0.05) is 6.04 Å². The Kier molecular flexibility index (Phi) is 6.58. The van der Waals surface area contributed by atoms with E-state index in [4.69, 9.17) is 0 Å². The fourth-order valence-corrected chi connectivity index (χ4v) is 3.86. The van der Waals surface area contributed by atoms with E-state index >= 15 is 0 Å². The van der Waals surface area contributed by atoms with Gasteiger partial charge >= 0.3 is 0 Å². The fraction of sp³-hybridized carbons (Fsp3) is 0.400. The molecule has 2 aromatic carbocycles. The normalized spacial score (nSPS) is 13.0. The first kappa shape index (κ1) is 18.7. The van der Waals surface area contributed by atoms with E-state index in [0.717, 1.165) is 31.2 Å². The second-order valence-electron chi connectivity index (χ2n) is 6.19. The summed E-state index contributed by atoms with van der Waals surface area (Å²) in [4.78, 5) is 0.319. The largest absolute Gasteiger partial charge is 0.241 e. The van der Waals surface area contributed by atoms with E-state index in [0.29, 0.717) is 4.90 Å². The molecule has 0 saturated heterocycles. The molecule has 0 radical (unpaired) electrons. The van der Waals surface area contributed by atoms with Crippen LogP contribution in [0, 0.1) is 0 Å². The summed E-state index contributed by atoms with van der Waals surface area (Å²) in [5.41, 5.74) is 3.39. The minimum atomic E-state index is -3.51. The second kappa shape index (κ2) is 8.45. The van der Waals surface area contributed by atoms with Gasteiger partial charge in [0.25, 0.3) is 0 Å². The van der Waals surface area contributed by atoms with E-state index in [9.17, 15) is 8.42 Å². The number of rotatable bonds is 8. The van der Waals surface area contributed by atoms with Gasteiger partial charge in [0.05, 0.1) is 4.90 Å². The van der Waals surface area contributed by atoms with Crippen LogP contribution < -0.4 is 4.72 Å². The predicted octanol–water partition coefficient (Wildman–Crippen LogP) is 4.63. The van der Waals surface area contributed by atoms with Crippen LogP contribution in [0.3, 0.4) is 0 Å². The zero-order valence-corrected chi connectivity index (χ0v) is 15.6. The van der Waals surface area contributed by atoms with Gasteiger partial charge in [-0.25, -0.2) is 13.1 Å². The van der Waals surface area contributed by atoms with Crippen molar-refractivity contribution in [3.63, 3.8) is 0 Å². The van der Waals surface area contributed by atoms with E-state index in [2.05, 4.69) is 18.6 Å². The van der Waals surface area contributed by atoms with Crippen molar-refractivity contribution in [2.75, 3.05) is 0 Å². The Morgan fingerprint density at radius 3 is 2.04 bits per heavy atom. The van der Waals surface area contributed by atoms with Crippen LogP contribution in [0.2, 0.25) is 0 Å². The van der Waals surface area contributed by atoms with Crippen molar-refractivity contribution >= 4 is 10.0 Å². The number of unbranched alkanes of at least 4 members (excludes halogenated alkanes) is 1. The molecule has 0 fully saturated rings. The summed E-state index contributed by atoms with van der Waals surface area (Å²) in [5, 5.41) is 0. The molecule has 0 heterocycles. The minimum absolute atomic E-state index is 0.263. The van der Waals surface area contributed by atoms with Gasteiger partial charge in [-0.05, 0) is 55.0 Å². The quantitative estimate of drug-likeness (QED) is 0.758. The smallest absolute Gasteiger partial charge is 0.207 e. The van der Waals surface area contributed by atoms with Gasteiger partial charge < -0.3 is 0 Å². The Hall–Kier alpha value is -1.65. The molecule has 0 amide bonds. The third kappa shape index (κ3) is 4.92. The average Bonchev–Trinajstić information content (AvgIpc) is 2.60. The number of benzene rings is 2. The fourth-order valence-electron chi connectivity index (χ4n) is 2.63. The molecule has 2 rings (SSSR count). The SMILES string of the molecule is CCCCc1ccc(S(=O)(=O)NC(C)c2ccc(CC)cc2)cc1. The first-order valence-corrected chi connectivity index (χ1v) is 10.1. The average molecular weight is 346 g/mol. The molecule has 0 bridgehead atoms. The van der Waals surface area contributed by atoms with E-state index in [1.54, 1.807) is 12.1 Å². The number of aryl methyl sites for hydroxylation is 2. The molecule has 130 valence electrons. The molecule has 1 atom stereocenters. The maximum Gasteiger partial charge on any atom is 0.241 e. The van der Waals surface area contributed by atoms with Gasteiger partial charge in [-0.15, -0.1) is 0 Å². The molecule has 0 aliphatic carbocycles. The number of hydrogen-bond acceptors (Lipinski definition) is 2. The van der Waals surface area contributed by atoms with Crippen LogP contribution >= 0.6 is 0 Å². The highest BCUT2D eigenvalue weighted by Crippen LogP contribution is 2.18. The Labute approximate surface area is 146 Å². The van der Waals surface area contributed by atoms with Crippen LogP contribution in [0.5, 0.6) is 0 Å². The molecule has 0 saturated carbocycles. The van der Waals surface area contributed by atoms with Gasteiger partial charge in [-0.1, -0.05) is 56.7 Å². The molecule has 4 heteroatoms. The maximum atomic E-state index is 12.6. The van der Waals surface area contributed by atoms with Crippen molar-refractivity contribution in [2.45, 2.75) is 57.4 Å². The topological polar surface area (TPSA) is 46.2 Å². The van der Waals surface area contributed by atoms with Crippen molar-refractivity contribution in [1.29, 1.82) is 0 Å². The first-order valence-electron chi connectivity index (χ1n) is 8.66. The van der Waals surface area contributed by atoms with Crippen molar-refractivity contribution in [3.05, 3.63) is 65.2 Å². The Morgan fingerprint density at radius 2 is 1.50 bits per heavy atom. The molecular formula is C20H27NO2S. The van der Waals surface area contributed by atoms with Gasteiger partial charge in [0.15, 0.2) is 0 Å². The first-order chi connectivity index (χ1) is 11.5. The highest BCUT2D eigenvalue weighted by molar-refractivity contribution is 7.89. The van der Waals surface area contributed by atoms with Crippen LogP contribution in [-0.4, -0.2) is 8.42 Å². The summed E-state index contributed by atoms with van der Waals surface area (Å²) in [6, 6.07) is 15.0. The van der Waals surface area contributed by atoms with Crippen LogP contribution in [0.15, 0.2) is 53.4 Å². The molecule has 0 aliphatic rings. The number of nitrogens with one attached hydrogen (secondary N) is 1.